The molecule has 0 atom stereocenters. The first kappa shape index (κ1) is 48.8. The monoisotopic (exact) mass is 947 g/mol. The van der Waals surface area contributed by atoms with Crippen molar-refractivity contribution < 1.29 is 0 Å². The first-order valence-corrected chi connectivity index (χ1v) is 28.4. The summed E-state index contributed by atoms with van der Waals surface area (Å²) in [7, 11) is 0. The summed E-state index contributed by atoms with van der Waals surface area (Å²) >= 11 is 3.74. The molecule has 0 amide bonds. The van der Waals surface area contributed by atoms with E-state index in [0.29, 0.717) is 0 Å². The first-order chi connectivity index (χ1) is 33.8. The van der Waals surface area contributed by atoms with E-state index in [2.05, 4.69) is 163 Å². The Hall–Kier alpha value is -5.16. The van der Waals surface area contributed by atoms with Gasteiger partial charge in [-0.15, -0.1) is 22.7 Å². The second-order valence-electron chi connectivity index (χ2n) is 20.2. The van der Waals surface area contributed by atoms with Gasteiger partial charge in [-0.2, -0.15) is 0 Å². The smallest absolute Gasteiger partial charge is 0.0988 e. The zero-order chi connectivity index (χ0) is 47.7. The predicted molar refractivity (Wildman–Crippen MR) is 302 cm³/mol. The normalized spacial score (nSPS) is 12.8. The molecule has 0 radical (unpaired) electrons. The SMILES string of the molecule is CCCCCCC1(CCCCCC)c2cc(C)ccc2-c2ccc(-c3ccc(-c4ccc(-c5ccc(C)s5)c5nc(-c6ccc(CCCCC)cc6)c(-c6ccc(CCCCC)cc6)nc45)s3)cc21. The van der Waals surface area contributed by atoms with E-state index >= 15 is 0 Å². The van der Waals surface area contributed by atoms with Crippen molar-refractivity contribution in [2.75, 3.05) is 0 Å². The molecule has 0 aliphatic heterocycles. The van der Waals surface area contributed by atoms with Crippen LogP contribution in [-0.2, 0) is 18.3 Å². The highest BCUT2D eigenvalue weighted by atomic mass is 32.1. The van der Waals surface area contributed by atoms with Crippen LogP contribution in [0.5, 0.6) is 0 Å². The van der Waals surface area contributed by atoms with Gasteiger partial charge in [0.1, 0.15) is 0 Å². The van der Waals surface area contributed by atoms with Gasteiger partial charge in [-0.1, -0.05) is 201 Å². The molecule has 1 aliphatic carbocycles. The number of hydrogen-bond donors (Lipinski definition) is 0. The van der Waals surface area contributed by atoms with Crippen molar-refractivity contribution in [1.82, 2.24) is 9.97 Å². The molecule has 69 heavy (non-hydrogen) atoms. The molecule has 3 aromatic heterocycles. The Morgan fingerprint density at radius 1 is 0.391 bits per heavy atom. The maximum atomic E-state index is 5.79. The fourth-order valence-corrected chi connectivity index (χ4v) is 13.0. The number of unbranched alkanes of at least 4 members (excludes halogenated alkanes) is 10. The van der Waals surface area contributed by atoms with Crippen molar-refractivity contribution in [2.24, 2.45) is 0 Å². The molecule has 0 saturated carbocycles. The number of rotatable bonds is 23. The summed E-state index contributed by atoms with van der Waals surface area (Å²) in [6.07, 6.45) is 22.4. The van der Waals surface area contributed by atoms with Crippen LogP contribution < -0.4 is 0 Å². The van der Waals surface area contributed by atoms with Crippen LogP contribution in [0.4, 0.5) is 0 Å². The average Bonchev–Trinajstić information content (AvgIpc) is 4.11. The third-order valence-corrected chi connectivity index (χ3v) is 17.2. The van der Waals surface area contributed by atoms with E-state index in [0.717, 1.165) is 57.5 Å². The van der Waals surface area contributed by atoms with Crippen molar-refractivity contribution in [2.45, 2.75) is 163 Å². The minimum Gasteiger partial charge on any atom is -0.243 e. The van der Waals surface area contributed by atoms with E-state index in [1.54, 1.807) is 11.1 Å². The van der Waals surface area contributed by atoms with Crippen molar-refractivity contribution in [3.05, 3.63) is 154 Å². The molecular formula is C65H74N2S2. The van der Waals surface area contributed by atoms with Crippen molar-refractivity contribution in [1.29, 1.82) is 0 Å². The lowest BCUT2D eigenvalue weighted by Gasteiger charge is -2.33. The molecule has 0 fully saturated rings. The number of fused-ring (bicyclic) bond motifs is 4. The number of thiophene rings is 2. The highest BCUT2D eigenvalue weighted by Crippen LogP contribution is 2.56. The highest BCUT2D eigenvalue weighted by molar-refractivity contribution is 7.19. The molecule has 8 aromatic rings. The van der Waals surface area contributed by atoms with Crippen LogP contribution >= 0.6 is 22.7 Å². The van der Waals surface area contributed by atoms with Gasteiger partial charge in [0, 0.05) is 47.2 Å². The number of hydrogen-bond acceptors (Lipinski definition) is 4. The molecule has 0 saturated heterocycles. The maximum absolute atomic E-state index is 5.79. The lowest BCUT2D eigenvalue weighted by molar-refractivity contribution is 0.401. The van der Waals surface area contributed by atoms with Gasteiger partial charge in [-0.05, 0) is 122 Å². The number of benzene rings is 5. The highest BCUT2D eigenvalue weighted by Gasteiger charge is 2.42. The molecule has 0 bridgehead atoms. The molecule has 4 heteroatoms. The summed E-state index contributed by atoms with van der Waals surface area (Å²) in [4.78, 5) is 16.6. The van der Waals surface area contributed by atoms with Gasteiger partial charge in [-0.3, -0.25) is 0 Å². The van der Waals surface area contributed by atoms with Gasteiger partial charge in [0.05, 0.1) is 22.4 Å². The van der Waals surface area contributed by atoms with Crippen LogP contribution in [0.15, 0.2) is 121 Å². The van der Waals surface area contributed by atoms with E-state index < -0.39 is 0 Å². The second kappa shape index (κ2) is 22.7. The van der Waals surface area contributed by atoms with Crippen molar-refractivity contribution in [3.63, 3.8) is 0 Å². The van der Waals surface area contributed by atoms with Crippen LogP contribution in [-0.4, -0.2) is 9.97 Å². The van der Waals surface area contributed by atoms with Gasteiger partial charge in [0.25, 0.3) is 0 Å². The van der Waals surface area contributed by atoms with Gasteiger partial charge < -0.3 is 0 Å². The van der Waals surface area contributed by atoms with Gasteiger partial charge in [0.15, 0.2) is 0 Å². The van der Waals surface area contributed by atoms with Crippen molar-refractivity contribution in [3.8, 4) is 65.0 Å². The molecular weight excluding hydrogens is 873 g/mol. The summed E-state index contributed by atoms with van der Waals surface area (Å²) < 4.78 is 0. The molecule has 0 spiro atoms. The van der Waals surface area contributed by atoms with Crippen LogP contribution in [0.3, 0.4) is 0 Å². The molecule has 0 unspecified atom stereocenters. The van der Waals surface area contributed by atoms with Crippen LogP contribution in [0.1, 0.15) is 163 Å². The van der Waals surface area contributed by atoms with Crippen LogP contribution in [0.2, 0.25) is 0 Å². The minimum atomic E-state index is 0.0488. The Morgan fingerprint density at radius 3 is 1.36 bits per heavy atom. The van der Waals surface area contributed by atoms with E-state index in [-0.39, 0.29) is 5.41 Å². The fraction of sp³-hybridized carbons (Fsp3) is 0.385. The lowest BCUT2D eigenvalue weighted by Crippen LogP contribution is -2.25. The minimum absolute atomic E-state index is 0.0488. The molecule has 356 valence electrons. The summed E-state index contributed by atoms with van der Waals surface area (Å²) in [6.45, 7) is 13.7. The molecule has 9 rings (SSSR count). The number of nitrogens with zero attached hydrogens (tertiary/aromatic N) is 2. The Labute approximate surface area is 422 Å². The Morgan fingerprint density at radius 2 is 0.841 bits per heavy atom. The Kier molecular flexibility index (Phi) is 16.1. The van der Waals surface area contributed by atoms with Crippen LogP contribution in [0, 0.1) is 13.8 Å². The van der Waals surface area contributed by atoms with Crippen molar-refractivity contribution >= 4 is 33.7 Å². The zero-order valence-corrected chi connectivity index (χ0v) is 44.1. The first-order valence-electron chi connectivity index (χ1n) is 26.8. The van der Waals surface area contributed by atoms with Crippen LogP contribution in [0.25, 0.3) is 76.0 Å². The molecule has 3 heterocycles. The zero-order valence-electron chi connectivity index (χ0n) is 42.5. The van der Waals surface area contributed by atoms with E-state index in [4.69, 9.17) is 9.97 Å². The molecule has 0 N–H and O–H groups in total. The summed E-state index contributed by atoms with van der Waals surface area (Å²) in [5.74, 6) is 0. The van der Waals surface area contributed by atoms with E-state index in [1.807, 2.05) is 22.7 Å². The molecule has 2 nitrogen and oxygen atoms in total. The average molecular weight is 947 g/mol. The summed E-state index contributed by atoms with van der Waals surface area (Å²) in [5, 5.41) is 0. The fourth-order valence-electron chi connectivity index (χ4n) is 11.1. The standard InChI is InChI=1S/C65H74N2S2/c1-7-11-15-19-41-65(42-20-16-12-8-2)56-43-45(5)23-34-52(56)53-35-33-51(44-57(53)65)58-39-40-60(69-58)55-37-36-54(59-38-24-46(6)68-59)63-64(55)67-62(50-31-27-48(28-32-50)22-18-14-10-4)61(66-63)49-29-25-47(26-30-49)21-17-13-9-3/h23-40,43-44H,7-22,41-42H2,1-6H3. The summed E-state index contributed by atoms with van der Waals surface area (Å²) in [6, 6.07) is 47.0. The topological polar surface area (TPSA) is 25.8 Å². The van der Waals surface area contributed by atoms with E-state index in [9.17, 15) is 0 Å². The predicted octanol–water partition coefficient (Wildman–Crippen LogP) is 20.4. The Balaban J connectivity index is 1.16. The lowest BCUT2D eigenvalue weighted by atomic mass is 9.70. The second-order valence-corrected chi connectivity index (χ2v) is 22.5. The van der Waals surface area contributed by atoms with Gasteiger partial charge >= 0.3 is 0 Å². The van der Waals surface area contributed by atoms with Gasteiger partial charge in [0.2, 0.25) is 0 Å². The third kappa shape index (κ3) is 10.6. The summed E-state index contributed by atoms with van der Waals surface area (Å²) in [5.41, 5.74) is 19.9. The maximum Gasteiger partial charge on any atom is 0.0988 e. The largest absolute Gasteiger partial charge is 0.243 e. The van der Waals surface area contributed by atoms with Gasteiger partial charge in [-0.25, -0.2) is 9.97 Å². The van der Waals surface area contributed by atoms with E-state index in [1.165, 1.54) is 156 Å². The number of aromatic nitrogens is 2. The Bertz CT molecular complexity index is 2950. The molecule has 5 aromatic carbocycles. The third-order valence-electron chi connectivity index (χ3n) is 15.0. The number of aryl methyl sites for hydroxylation is 4. The molecule has 1 aliphatic rings. The quantitative estimate of drug-likeness (QED) is 0.0597.